The normalized spacial score (nSPS) is 14.8. The molecule has 0 spiro atoms. The Labute approximate surface area is 179 Å². The van der Waals surface area contributed by atoms with Gasteiger partial charge in [0.15, 0.2) is 19.7 Å². The summed E-state index contributed by atoms with van der Waals surface area (Å²) in [5, 5.41) is 14.0. The minimum Gasteiger partial charge on any atom is -0.493 e. The number of ether oxygens (including phenoxy) is 1. The molecule has 0 bridgehead atoms. The van der Waals surface area contributed by atoms with Crippen molar-refractivity contribution in [1.82, 2.24) is 9.78 Å². The van der Waals surface area contributed by atoms with Gasteiger partial charge >= 0.3 is 0 Å². The van der Waals surface area contributed by atoms with Gasteiger partial charge in [0.2, 0.25) is 11.7 Å². The van der Waals surface area contributed by atoms with Gasteiger partial charge in [0.25, 0.3) is 0 Å². The van der Waals surface area contributed by atoms with Crippen LogP contribution in [0.25, 0.3) is 0 Å². The van der Waals surface area contributed by atoms with E-state index in [1.165, 1.54) is 14.2 Å². The number of halogens is 1. The molecule has 1 aliphatic carbocycles. The lowest BCUT2D eigenvalue weighted by molar-refractivity contribution is 0.103. The third-order valence-corrected chi connectivity index (χ3v) is 8.33. The van der Waals surface area contributed by atoms with Gasteiger partial charge in [-0.2, -0.15) is 5.10 Å². The van der Waals surface area contributed by atoms with E-state index in [4.69, 9.17) is 16.3 Å². The Hall–Kier alpha value is -1.95. The van der Waals surface area contributed by atoms with Gasteiger partial charge in [-0.05, 0) is 25.0 Å². The summed E-state index contributed by atoms with van der Waals surface area (Å²) in [6, 6.07) is 2.19. The first-order valence-electron chi connectivity index (χ1n) is 8.95. The minimum atomic E-state index is -4.20. The molecule has 0 atom stereocenters. The predicted octanol–water partition coefficient (Wildman–Crippen LogP) is 1.71. The average Bonchev–Trinajstić information content (AvgIpc) is 3.45. The molecule has 1 N–H and O–H groups in total. The molecule has 0 saturated heterocycles. The highest BCUT2D eigenvalue weighted by atomic mass is 35.5. The molecule has 0 aliphatic heterocycles. The third-order valence-electron chi connectivity index (χ3n) is 4.81. The molecule has 1 fully saturated rings. The van der Waals surface area contributed by atoms with E-state index >= 15 is 0 Å². The van der Waals surface area contributed by atoms with Crippen LogP contribution in [0, 0.1) is 0 Å². The van der Waals surface area contributed by atoms with Crippen LogP contribution in [0.15, 0.2) is 21.9 Å². The fourth-order valence-electron chi connectivity index (χ4n) is 3.12. The van der Waals surface area contributed by atoms with Crippen LogP contribution in [0.4, 0.5) is 0 Å². The quantitative estimate of drug-likeness (QED) is 0.569. The highest BCUT2D eigenvalue weighted by Gasteiger charge is 2.37. The smallest absolute Gasteiger partial charge is 0.220 e. The lowest BCUT2D eigenvalue weighted by atomic mass is 10.0. The number of hydrogen-bond donors (Lipinski definition) is 1. The first kappa shape index (κ1) is 22.7. The zero-order valence-corrected chi connectivity index (χ0v) is 18.9. The Morgan fingerprint density at radius 2 is 1.93 bits per heavy atom. The summed E-state index contributed by atoms with van der Waals surface area (Å²) < 4.78 is 56.0. The number of aromatic nitrogens is 2. The van der Waals surface area contributed by atoms with Crippen LogP contribution < -0.4 is 0 Å². The van der Waals surface area contributed by atoms with Crippen molar-refractivity contribution in [2.75, 3.05) is 25.7 Å². The molecule has 3 rings (SSSR count). The summed E-state index contributed by atoms with van der Waals surface area (Å²) in [5.74, 6) is -1.59. The lowest BCUT2D eigenvalue weighted by Crippen LogP contribution is -2.17. The lowest BCUT2D eigenvalue weighted by Gasteiger charge is -2.14. The number of ketones is 1. The van der Waals surface area contributed by atoms with Crippen molar-refractivity contribution >= 4 is 37.1 Å². The van der Waals surface area contributed by atoms with E-state index in [2.05, 4.69) is 5.10 Å². The van der Waals surface area contributed by atoms with Crippen molar-refractivity contribution in [2.45, 2.75) is 28.6 Å². The number of carbonyl (C=O) groups excluding carboxylic acids is 1. The van der Waals surface area contributed by atoms with E-state index < -0.39 is 46.0 Å². The van der Waals surface area contributed by atoms with Crippen LogP contribution >= 0.6 is 11.6 Å². The van der Waals surface area contributed by atoms with Crippen molar-refractivity contribution < 1.29 is 31.5 Å². The monoisotopic (exact) mass is 476 g/mol. The number of carbonyl (C=O) groups is 1. The number of aromatic hydroxyl groups is 1. The fraction of sp³-hybridized carbons (Fsp3) is 0.444. The molecule has 12 heteroatoms. The maximum Gasteiger partial charge on any atom is 0.220 e. The summed E-state index contributed by atoms with van der Waals surface area (Å²) in [4.78, 5) is 12.1. The molecule has 164 valence electrons. The maximum atomic E-state index is 13.2. The molecule has 0 unspecified atom stereocenters. The zero-order chi connectivity index (χ0) is 22.4. The fourth-order valence-corrected chi connectivity index (χ4v) is 6.72. The van der Waals surface area contributed by atoms with Crippen LogP contribution in [0.5, 0.6) is 5.88 Å². The van der Waals surface area contributed by atoms with Crippen molar-refractivity contribution in [2.24, 2.45) is 7.05 Å². The van der Waals surface area contributed by atoms with Gasteiger partial charge in [0.1, 0.15) is 10.5 Å². The molecule has 0 amide bonds. The van der Waals surface area contributed by atoms with E-state index in [1.807, 2.05) is 0 Å². The van der Waals surface area contributed by atoms with Crippen LogP contribution in [0.3, 0.4) is 0 Å². The summed E-state index contributed by atoms with van der Waals surface area (Å²) in [5.41, 5.74) is 0.117. The third kappa shape index (κ3) is 4.11. The SMILES string of the molecule is COCCS(=O)(=O)c1c(S(C)(=O)=O)ccc(C(=O)c2c(C3CC3)nn(C)c2O)c1Cl. The molecule has 30 heavy (non-hydrogen) atoms. The number of aryl methyl sites for hydroxylation is 1. The van der Waals surface area contributed by atoms with E-state index in [0.717, 1.165) is 35.9 Å². The first-order valence-corrected chi connectivity index (χ1v) is 12.9. The van der Waals surface area contributed by atoms with E-state index in [0.29, 0.717) is 5.69 Å². The van der Waals surface area contributed by atoms with Crippen molar-refractivity contribution in [3.05, 3.63) is 34.0 Å². The number of sulfone groups is 2. The molecule has 1 heterocycles. The molecule has 2 aromatic rings. The van der Waals surface area contributed by atoms with Gasteiger partial charge in [-0.15, -0.1) is 0 Å². The Kier molecular flexibility index (Phi) is 6.02. The van der Waals surface area contributed by atoms with E-state index in [-0.39, 0.29) is 29.5 Å². The van der Waals surface area contributed by atoms with Gasteiger partial charge in [-0.3, -0.25) is 4.79 Å². The number of rotatable bonds is 8. The van der Waals surface area contributed by atoms with E-state index in [1.54, 1.807) is 0 Å². The predicted molar refractivity (Wildman–Crippen MR) is 109 cm³/mol. The van der Waals surface area contributed by atoms with Gasteiger partial charge in [-0.25, -0.2) is 21.5 Å². The number of nitrogens with zero attached hydrogens (tertiary/aromatic N) is 2. The number of methoxy groups -OCH3 is 1. The molecule has 1 aromatic carbocycles. The molecular formula is C18H21ClN2O7S2. The largest absolute Gasteiger partial charge is 0.493 e. The first-order chi connectivity index (χ1) is 13.9. The Morgan fingerprint density at radius 3 is 2.47 bits per heavy atom. The standard InChI is InChI=1S/C18H21ClN2O7S2/c1-21-18(23)13(15(20-21)10-4-5-10)16(22)11-6-7-12(29(3,24)25)17(14(11)19)30(26,27)9-8-28-2/h6-7,10,23H,4-5,8-9H2,1-3H3. The molecule has 1 aliphatic rings. The second-order valence-electron chi connectivity index (χ2n) is 7.15. The highest BCUT2D eigenvalue weighted by Crippen LogP contribution is 2.44. The summed E-state index contributed by atoms with van der Waals surface area (Å²) in [6.45, 7) is -0.185. The molecule has 9 nitrogen and oxygen atoms in total. The molecule has 1 aromatic heterocycles. The summed E-state index contributed by atoms with van der Waals surface area (Å²) in [6.07, 6.45) is 2.48. The van der Waals surface area contributed by atoms with Crippen molar-refractivity contribution in [1.29, 1.82) is 0 Å². The minimum absolute atomic E-state index is 0.0232. The van der Waals surface area contributed by atoms with E-state index in [9.17, 15) is 26.7 Å². The van der Waals surface area contributed by atoms with Crippen molar-refractivity contribution in [3.63, 3.8) is 0 Å². The Bertz CT molecular complexity index is 1230. The average molecular weight is 477 g/mol. The summed E-state index contributed by atoms with van der Waals surface area (Å²) >= 11 is 6.32. The van der Waals surface area contributed by atoms with Gasteiger partial charge in [0, 0.05) is 31.9 Å². The second kappa shape index (κ2) is 7.95. The van der Waals surface area contributed by atoms with Gasteiger partial charge in [-0.1, -0.05) is 11.6 Å². The zero-order valence-electron chi connectivity index (χ0n) is 16.5. The van der Waals surface area contributed by atoms with Crippen LogP contribution in [-0.2, 0) is 31.5 Å². The topological polar surface area (TPSA) is 133 Å². The molecule has 0 radical (unpaired) electrons. The number of benzene rings is 1. The van der Waals surface area contributed by atoms with Gasteiger partial charge < -0.3 is 9.84 Å². The van der Waals surface area contributed by atoms with Crippen LogP contribution in [0.2, 0.25) is 5.02 Å². The Balaban J connectivity index is 2.23. The number of hydrogen-bond acceptors (Lipinski definition) is 8. The summed E-state index contributed by atoms with van der Waals surface area (Å²) in [7, 11) is -5.38. The van der Waals surface area contributed by atoms with Crippen molar-refractivity contribution in [3.8, 4) is 5.88 Å². The van der Waals surface area contributed by atoms with Gasteiger partial charge in [0.05, 0.1) is 28.0 Å². The second-order valence-corrected chi connectivity index (χ2v) is 11.6. The van der Waals surface area contributed by atoms with Crippen LogP contribution in [-0.4, -0.2) is 63.2 Å². The highest BCUT2D eigenvalue weighted by molar-refractivity contribution is 7.94. The Morgan fingerprint density at radius 1 is 1.30 bits per heavy atom. The molecule has 1 saturated carbocycles. The maximum absolute atomic E-state index is 13.2. The van der Waals surface area contributed by atoms with Crippen LogP contribution in [0.1, 0.15) is 40.4 Å². The molecular weight excluding hydrogens is 456 g/mol.